The standard InChI is InChI=1S/C31H30ClFN2O3/c1-18-12-13-35(16-18)19(2)17-37-24-8-6-21(7-9-24)31-28(22-4-5-23(15-34)25(32)14-22)20(3)29-27(38-31)11-10-26(36)30(29)33/h4-11,14,18-19,31,36H,12-13,16-17H2,1-3H3/t18-,19+,31?/m1/s1. The molecule has 3 atom stereocenters. The average molecular weight is 533 g/mol. The highest BCUT2D eigenvalue weighted by atomic mass is 35.5. The molecule has 3 aromatic rings. The monoisotopic (exact) mass is 532 g/mol. The number of aromatic hydroxyl groups is 1. The molecule has 0 bridgehead atoms. The van der Waals surface area contributed by atoms with Crippen LogP contribution in [-0.4, -0.2) is 35.7 Å². The zero-order chi connectivity index (χ0) is 27.0. The van der Waals surface area contributed by atoms with Crippen molar-refractivity contribution in [1.82, 2.24) is 4.90 Å². The van der Waals surface area contributed by atoms with Crippen LogP contribution in [0.15, 0.2) is 54.6 Å². The molecule has 2 aliphatic heterocycles. The van der Waals surface area contributed by atoms with Crippen molar-refractivity contribution < 1.29 is 19.0 Å². The molecule has 0 spiro atoms. The number of benzene rings is 3. The van der Waals surface area contributed by atoms with Crippen molar-refractivity contribution in [2.24, 2.45) is 5.92 Å². The maximum absolute atomic E-state index is 15.0. The first-order valence-electron chi connectivity index (χ1n) is 12.8. The average Bonchev–Trinajstić information content (AvgIpc) is 3.35. The summed E-state index contributed by atoms with van der Waals surface area (Å²) in [5, 5.41) is 19.6. The van der Waals surface area contributed by atoms with Gasteiger partial charge in [0.15, 0.2) is 11.6 Å². The van der Waals surface area contributed by atoms with Crippen LogP contribution in [-0.2, 0) is 0 Å². The highest BCUT2D eigenvalue weighted by Crippen LogP contribution is 2.49. The molecule has 38 heavy (non-hydrogen) atoms. The van der Waals surface area contributed by atoms with Crippen molar-refractivity contribution in [2.75, 3.05) is 19.7 Å². The van der Waals surface area contributed by atoms with Gasteiger partial charge in [-0.25, -0.2) is 4.39 Å². The Morgan fingerprint density at radius 1 is 1.21 bits per heavy atom. The first-order valence-corrected chi connectivity index (χ1v) is 13.2. The van der Waals surface area contributed by atoms with Gasteiger partial charge in [-0.2, -0.15) is 5.26 Å². The number of phenolic OH excluding ortho intramolecular Hbond substituents is 1. The van der Waals surface area contributed by atoms with E-state index in [1.54, 1.807) is 31.2 Å². The lowest BCUT2D eigenvalue weighted by molar-refractivity contribution is 0.169. The first-order chi connectivity index (χ1) is 18.3. The number of phenols is 1. The lowest BCUT2D eigenvalue weighted by atomic mass is 9.85. The summed E-state index contributed by atoms with van der Waals surface area (Å²) in [5.41, 5.74) is 3.46. The van der Waals surface area contributed by atoms with E-state index >= 15 is 4.39 Å². The fraction of sp³-hybridized carbons (Fsp3) is 0.323. The van der Waals surface area contributed by atoms with Crippen molar-refractivity contribution in [1.29, 1.82) is 5.26 Å². The molecular formula is C31H30ClFN2O3. The van der Waals surface area contributed by atoms with E-state index in [-0.39, 0.29) is 5.56 Å². The minimum absolute atomic E-state index is 0.210. The molecule has 0 radical (unpaired) electrons. The second-order valence-electron chi connectivity index (χ2n) is 10.2. The number of allylic oxidation sites excluding steroid dienone is 1. The molecule has 3 aromatic carbocycles. The summed E-state index contributed by atoms with van der Waals surface area (Å²) < 4.78 is 27.5. The summed E-state index contributed by atoms with van der Waals surface area (Å²) in [7, 11) is 0. The van der Waals surface area contributed by atoms with Crippen LogP contribution >= 0.6 is 11.6 Å². The fourth-order valence-electron chi connectivity index (χ4n) is 5.32. The molecule has 0 aromatic heterocycles. The molecule has 2 heterocycles. The Morgan fingerprint density at radius 2 is 1.97 bits per heavy atom. The number of nitrogens with zero attached hydrogens (tertiary/aromatic N) is 2. The lowest BCUT2D eigenvalue weighted by Crippen LogP contribution is -2.35. The molecule has 196 valence electrons. The zero-order valence-corrected chi connectivity index (χ0v) is 22.4. The van der Waals surface area contributed by atoms with E-state index in [1.165, 1.54) is 12.5 Å². The third kappa shape index (κ3) is 4.97. The normalized spacial score (nSPS) is 20.0. The summed E-state index contributed by atoms with van der Waals surface area (Å²) >= 11 is 6.36. The van der Waals surface area contributed by atoms with Crippen molar-refractivity contribution in [3.8, 4) is 23.3 Å². The third-order valence-corrected chi connectivity index (χ3v) is 7.84. The van der Waals surface area contributed by atoms with Gasteiger partial charge in [0.25, 0.3) is 0 Å². The molecule has 1 saturated heterocycles. The fourth-order valence-corrected chi connectivity index (χ4v) is 5.54. The van der Waals surface area contributed by atoms with Gasteiger partial charge in [0, 0.05) is 18.2 Å². The molecule has 0 aliphatic carbocycles. The second kappa shape index (κ2) is 10.7. The predicted octanol–water partition coefficient (Wildman–Crippen LogP) is 7.23. The number of fused-ring (bicyclic) bond motifs is 1. The van der Waals surface area contributed by atoms with E-state index in [0.717, 1.165) is 30.3 Å². The highest BCUT2D eigenvalue weighted by molar-refractivity contribution is 6.32. The largest absolute Gasteiger partial charge is 0.505 e. The van der Waals surface area contributed by atoms with Gasteiger partial charge in [0.05, 0.1) is 16.1 Å². The summed E-state index contributed by atoms with van der Waals surface area (Å²) in [6.07, 6.45) is 0.668. The maximum Gasteiger partial charge on any atom is 0.176 e. The molecule has 1 fully saturated rings. The van der Waals surface area contributed by atoms with Gasteiger partial charge >= 0.3 is 0 Å². The molecule has 5 nitrogen and oxygen atoms in total. The number of rotatable bonds is 6. The number of halogens is 2. The van der Waals surface area contributed by atoms with Gasteiger partial charge in [-0.05, 0) is 85.8 Å². The van der Waals surface area contributed by atoms with Crippen molar-refractivity contribution in [2.45, 2.75) is 39.3 Å². The van der Waals surface area contributed by atoms with Gasteiger partial charge in [-0.1, -0.05) is 36.7 Å². The van der Waals surface area contributed by atoms with E-state index < -0.39 is 17.7 Å². The van der Waals surface area contributed by atoms with Crippen LogP contribution in [0.5, 0.6) is 17.2 Å². The van der Waals surface area contributed by atoms with Crippen LogP contribution < -0.4 is 9.47 Å². The molecular weight excluding hydrogens is 503 g/mol. The van der Waals surface area contributed by atoms with Crippen LogP contribution in [0.2, 0.25) is 5.02 Å². The van der Waals surface area contributed by atoms with Crippen molar-refractivity contribution in [3.05, 3.63) is 87.7 Å². The van der Waals surface area contributed by atoms with Crippen LogP contribution in [0, 0.1) is 23.1 Å². The van der Waals surface area contributed by atoms with Gasteiger partial charge < -0.3 is 14.6 Å². The minimum atomic E-state index is -0.735. The molecule has 0 amide bonds. The van der Waals surface area contributed by atoms with Crippen LogP contribution in [0.3, 0.4) is 0 Å². The second-order valence-corrected chi connectivity index (χ2v) is 10.6. The van der Waals surface area contributed by atoms with Gasteiger partial charge in [0.2, 0.25) is 0 Å². The van der Waals surface area contributed by atoms with Gasteiger partial charge in [0.1, 0.15) is 30.3 Å². The number of ether oxygens (including phenoxy) is 2. The molecule has 5 rings (SSSR count). The smallest absolute Gasteiger partial charge is 0.176 e. The van der Waals surface area contributed by atoms with Crippen molar-refractivity contribution in [3.63, 3.8) is 0 Å². The molecule has 2 aliphatic rings. The highest BCUT2D eigenvalue weighted by Gasteiger charge is 2.32. The molecule has 1 unspecified atom stereocenters. The lowest BCUT2D eigenvalue weighted by Gasteiger charge is -2.31. The zero-order valence-electron chi connectivity index (χ0n) is 21.7. The van der Waals surface area contributed by atoms with E-state index in [9.17, 15) is 10.4 Å². The molecule has 0 saturated carbocycles. The topological polar surface area (TPSA) is 65.7 Å². The Kier molecular flexibility index (Phi) is 7.34. The Labute approximate surface area is 227 Å². The number of hydrogen-bond donors (Lipinski definition) is 1. The summed E-state index contributed by atoms with van der Waals surface area (Å²) in [4.78, 5) is 2.46. The van der Waals surface area contributed by atoms with Crippen molar-refractivity contribution >= 4 is 22.7 Å². The Hall–Kier alpha value is -3.53. The molecule has 1 N–H and O–H groups in total. The van der Waals surface area contributed by atoms with Crippen LogP contribution in [0.4, 0.5) is 4.39 Å². The quantitative estimate of drug-likeness (QED) is 0.363. The van der Waals surface area contributed by atoms with Gasteiger partial charge in [-0.3, -0.25) is 4.90 Å². The Balaban J connectivity index is 1.46. The Morgan fingerprint density at radius 3 is 2.63 bits per heavy atom. The minimum Gasteiger partial charge on any atom is -0.505 e. The summed E-state index contributed by atoms with van der Waals surface area (Å²) in [5.74, 6) is 0.665. The van der Waals surface area contributed by atoms with Crippen LogP contribution in [0.25, 0.3) is 11.1 Å². The number of likely N-dealkylation sites (tertiary alicyclic amines) is 1. The van der Waals surface area contributed by atoms with E-state index in [0.29, 0.717) is 45.7 Å². The summed E-state index contributed by atoms with van der Waals surface area (Å²) in [6.45, 7) is 9.10. The van der Waals surface area contributed by atoms with E-state index in [1.807, 2.05) is 24.3 Å². The Bertz CT molecular complexity index is 1430. The van der Waals surface area contributed by atoms with Crippen LogP contribution in [0.1, 0.15) is 55.5 Å². The first kappa shape index (κ1) is 26.1. The summed E-state index contributed by atoms with van der Waals surface area (Å²) in [6, 6.07) is 18.1. The number of hydrogen-bond acceptors (Lipinski definition) is 5. The van der Waals surface area contributed by atoms with Gasteiger partial charge in [-0.15, -0.1) is 0 Å². The van der Waals surface area contributed by atoms with E-state index in [2.05, 4.69) is 24.8 Å². The number of nitriles is 1. The molecule has 7 heteroatoms. The van der Waals surface area contributed by atoms with E-state index in [4.69, 9.17) is 21.1 Å². The predicted molar refractivity (Wildman–Crippen MR) is 147 cm³/mol. The third-order valence-electron chi connectivity index (χ3n) is 7.52. The SMILES string of the molecule is CC1=C(c2ccc(C#N)c(Cl)c2)C(c2ccc(OC[C@H](C)N3CC[C@@H](C)C3)cc2)Oc2ccc(O)c(F)c21. The maximum atomic E-state index is 15.0.